The Labute approximate surface area is 666 Å². The summed E-state index contributed by atoms with van der Waals surface area (Å²) in [4.78, 5) is 64.1. The molecule has 46 atom stereocenters. The number of carbonyl (C=O) groups excluding carboxylic acids is 4. The van der Waals surface area contributed by atoms with E-state index in [4.69, 9.17) is 80.5 Å². The van der Waals surface area contributed by atoms with Gasteiger partial charge in [0.2, 0.25) is 23.6 Å². The van der Waals surface area contributed by atoms with Crippen LogP contribution in [0.2, 0.25) is 0 Å². The van der Waals surface area contributed by atoms with Crippen molar-refractivity contribution in [2.24, 2.45) is 0 Å². The van der Waals surface area contributed by atoms with Crippen LogP contribution in [0.4, 0.5) is 0 Å². The first-order chi connectivity index (χ1) is 55.7. The van der Waals surface area contributed by atoms with Crippen molar-refractivity contribution < 1.29 is 242 Å². The smallest absolute Gasteiger partial charge is 0.364 e. The minimum absolute atomic E-state index is 0.862. The van der Waals surface area contributed by atoms with Gasteiger partial charge in [-0.25, -0.2) is 4.79 Å². The summed E-state index contributed by atoms with van der Waals surface area (Å²) in [5, 5.41) is 307. The molecule has 53 heteroatoms. The molecule has 53 nitrogen and oxygen atoms in total. The van der Waals surface area contributed by atoms with Gasteiger partial charge in [-0.2, -0.15) is 0 Å². The van der Waals surface area contributed by atoms with Crippen LogP contribution in [-0.4, -0.2) is 509 Å². The molecular weight excluding hydrogens is 1620 g/mol. The molecule has 31 N–H and O–H groups in total. The quantitative estimate of drug-likeness (QED) is 0.0297. The van der Waals surface area contributed by atoms with Crippen molar-refractivity contribution in [1.29, 1.82) is 0 Å². The fourth-order valence-corrected chi connectivity index (χ4v) is 15.3. The first kappa shape index (κ1) is 97.4. The number of amides is 4. The highest BCUT2D eigenvalue weighted by atomic mass is 16.8. The molecule has 0 aromatic carbocycles. The average molecular weight is 1730 g/mol. The molecule has 0 spiro atoms. The van der Waals surface area contributed by atoms with Crippen LogP contribution in [-0.2, 0) is 104 Å². The molecule has 1 unspecified atom stereocenters. The van der Waals surface area contributed by atoms with Crippen LogP contribution < -0.4 is 21.3 Å². The van der Waals surface area contributed by atoms with Gasteiger partial charge in [0.05, 0.1) is 71.6 Å². The third-order valence-corrected chi connectivity index (χ3v) is 21.3. The number of hydrogen-bond acceptors (Lipinski definition) is 48. The lowest BCUT2D eigenvalue weighted by atomic mass is 9.88. The Hall–Kier alpha value is -4.37. The number of rotatable bonds is 32. The SMILES string of the molecule is CC(=O)N[C@H]1[C@H](O[C@H]2[C@@H](O)[C@@H](CO)O[C@@H](O[C@H]3[C@H](O)[C@@H](NC(C)=O)[C@H](O[C@H]4[C@@H](O)[C@@H](CO)O[C@@H](O[C@H]5[C@H](O)[C@@H](O)C(O)O[C@@H]5CO)[C@@H]4O)O[C@@H]3CO)[C@@H]2O)O[C@H](CO)[C@@H](O[C@@H]2O[C@H](CO)[C@H](O)[C@H](O[C@@H]3O[C@H](CO)[C@@H](O[C@@H]4O[C@H](CO)[C@H](O)[C@H](O[C@]5(C(=O)O)C[C@H](O)[C@@H](NC(C)=O)[C@H]([C@H](O)[C@H](O)CO)O5)[C@H]4O)[C@H](O)[C@H]3NC(C)=O)[C@H]2O)[C@@H]1O. The Morgan fingerprint density at radius 3 is 0.881 bits per heavy atom. The van der Waals surface area contributed by atoms with Gasteiger partial charge in [-0.05, 0) is 0 Å². The molecule has 118 heavy (non-hydrogen) atoms. The number of hydrogen-bond donors (Lipinski definition) is 31. The van der Waals surface area contributed by atoms with E-state index in [-0.39, 0.29) is 0 Å². The Kier molecular flexibility index (Phi) is 34.7. The monoisotopic (exact) mass is 1730 g/mol. The van der Waals surface area contributed by atoms with Crippen LogP contribution in [0.15, 0.2) is 0 Å². The van der Waals surface area contributed by atoms with Gasteiger partial charge in [0.15, 0.2) is 50.3 Å². The summed E-state index contributed by atoms with van der Waals surface area (Å²) < 4.78 is 98.6. The molecule has 9 fully saturated rings. The Morgan fingerprint density at radius 2 is 0.593 bits per heavy atom. The van der Waals surface area contributed by atoms with Gasteiger partial charge in [-0.3, -0.25) is 19.2 Å². The van der Waals surface area contributed by atoms with Gasteiger partial charge in [0.25, 0.3) is 5.79 Å². The van der Waals surface area contributed by atoms with Crippen molar-refractivity contribution in [3.63, 3.8) is 0 Å². The third-order valence-electron chi connectivity index (χ3n) is 21.3. The number of nitrogens with one attached hydrogen (secondary N) is 4. The van der Waals surface area contributed by atoms with Gasteiger partial charge in [0, 0.05) is 34.1 Å². The lowest BCUT2D eigenvalue weighted by molar-refractivity contribution is -0.392. The molecule has 0 aromatic rings. The number of aliphatic carboxylic acids is 1. The predicted octanol–water partition coefficient (Wildman–Crippen LogP) is -20.8. The second-order valence-corrected chi connectivity index (χ2v) is 29.5. The van der Waals surface area contributed by atoms with Crippen molar-refractivity contribution >= 4 is 29.6 Å². The lowest BCUT2D eigenvalue weighted by Crippen LogP contribution is -2.71. The van der Waals surface area contributed by atoms with Crippen molar-refractivity contribution in [3.8, 4) is 0 Å². The van der Waals surface area contributed by atoms with E-state index in [2.05, 4.69) is 21.3 Å². The highest BCUT2D eigenvalue weighted by Crippen LogP contribution is 2.42. The first-order valence-electron chi connectivity index (χ1n) is 37.3. The number of aliphatic hydroxyl groups is 26. The summed E-state index contributed by atoms with van der Waals surface area (Å²) in [6.07, 6.45) is -87.7. The zero-order chi connectivity index (χ0) is 87.3. The third kappa shape index (κ3) is 21.1. The molecule has 9 heterocycles. The van der Waals surface area contributed by atoms with Crippen molar-refractivity contribution in [2.75, 3.05) is 59.5 Å². The van der Waals surface area contributed by atoms with Gasteiger partial charge in [-0.15, -0.1) is 0 Å². The highest BCUT2D eigenvalue weighted by Gasteiger charge is 2.64. The van der Waals surface area contributed by atoms with Crippen molar-refractivity contribution in [1.82, 2.24) is 21.3 Å². The van der Waals surface area contributed by atoms with E-state index in [9.17, 15) is 162 Å². The van der Waals surface area contributed by atoms with Crippen LogP contribution in [0, 0.1) is 0 Å². The minimum Gasteiger partial charge on any atom is -0.477 e. The Bertz CT molecular complexity index is 3210. The van der Waals surface area contributed by atoms with Crippen molar-refractivity contribution in [2.45, 2.75) is 316 Å². The van der Waals surface area contributed by atoms with E-state index in [1.54, 1.807) is 0 Å². The summed E-state index contributed by atoms with van der Waals surface area (Å²) >= 11 is 0. The zero-order valence-electron chi connectivity index (χ0n) is 63.1. The largest absolute Gasteiger partial charge is 0.477 e. The predicted molar refractivity (Wildman–Crippen MR) is 361 cm³/mol. The fourth-order valence-electron chi connectivity index (χ4n) is 15.3. The Morgan fingerprint density at radius 1 is 0.331 bits per heavy atom. The van der Waals surface area contributed by atoms with E-state index in [0.29, 0.717) is 0 Å². The standard InChI is InChI=1S/C65H108N4O49/c1-15(79)66-29-19(83)5-65(64(100)101,117-51(29)33(85)20(84)6-70)118-55-37(89)24(10-74)106-63(46(55)98)112-49-28(14-78)109-59(32(40(49)92)69-18(4)82)115-53-35(87)22(8-72)104-61(44(53)96)110-47-26(12-76)107-57(30(38(47)90)67-16(2)80)114-52-34(86)21(7-71)103-60(43(52)95)111-48-27(13-77)108-58(31(39(48)91)68-17(3)81)116-54-36(88)23(9-73)105-62(45(54)97)113-50-25(11-75)102-56(99)42(94)41(50)93/h19-63,70-78,83-99H,5-14H2,1-4H3,(H,66,79)(H,67,80)(H,68,81)(H,69,82)(H,100,101)/t19-,20+,21+,22+,23+,24+,25+,26+,27+,28+,29+,30+,31+,32+,33+,34-,35-,36-,37-,38+,39+,40+,41+,42+,43+,44+,45+,46+,47+,48+,49+,50+,51+,52-,53-,54-,55-,56?,57-,58-,59-,60-,61-,62-,63-,65-/m0/s1. The van der Waals surface area contributed by atoms with Gasteiger partial charge in [0.1, 0.15) is 213 Å². The minimum atomic E-state index is -3.27. The zero-order valence-corrected chi connectivity index (χ0v) is 63.1. The normalized spacial score (nSPS) is 47.6. The molecule has 9 aliphatic heterocycles. The van der Waals surface area contributed by atoms with Crippen LogP contribution >= 0.6 is 0 Å². The maximum absolute atomic E-state index is 13.2. The summed E-state index contributed by atoms with van der Waals surface area (Å²) in [6, 6.07) is -7.61. The number of carboxylic acid groups (broad SMARTS) is 1. The van der Waals surface area contributed by atoms with E-state index < -0.39 is 377 Å². The molecule has 0 aromatic heterocycles. The topological polar surface area (TPSA) is 837 Å². The summed E-state index contributed by atoms with van der Waals surface area (Å²) in [5.74, 6) is -9.16. The number of ether oxygens (including phenoxy) is 17. The molecule has 0 saturated carbocycles. The van der Waals surface area contributed by atoms with E-state index in [1.165, 1.54) is 0 Å². The molecule has 4 amide bonds. The summed E-state index contributed by atoms with van der Waals surface area (Å²) in [5.41, 5.74) is 0. The second-order valence-electron chi connectivity index (χ2n) is 29.5. The molecule has 9 aliphatic rings. The molecule has 0 bridgehead atoms. The van der Waals surface area contributed by atoms with E-state index in [1.807, 2.05) is 0 Å². The summed E-state index contributed by atoms with van der Waals surface area (Å²) in [7, 11) is 0. The fraction of sp³-hybridized carbons (Fsp3) is 0.923. The molecule has 9 rings (SSSR count). The lowest BCUT2D eigenvalue weighted by Gasteiger charge is -2.51. The highest BCUT2D eigenvalue weighted by molar-refractivity contribution is 5.77. The molecule has 0 aliphatic carbocycles. The van der Waals surface area contributed by atoms with Gasteiger partial charge in [-0.1, -0.05) is 0 Å². The van der Waals surface area contributed by atoms with Crippen LogP contribution in [0.5, 0.6) is 0 Å². The van der Waals surface area contributed by atoms with Gasteiger partial charge >= 0.3 is 5.97 Å². The van der Waals surface area contributed by atoms with Crippen molar-refractivity contribution in [3.05, 3.63) is 0 Å². The maximum atomic E-state index is 13.2. The summed E-state index contributed by atoms with van der Waals surface area (Å²) in [6.45, 7) is -6.54. The number of carboxylic acids is 1. The maximum Gasteiger partial charge on any atom is 0.364 e. The number of carbonyl (C=O) groups is 5. The number of aliphatic hydroxyl groups excluding tert-OH is 26. The second kappa shape index (κ2) is 42.1. The van der Waals surface area contributed by atoms with E-state index in [0.717, 1.165) is 27.7 Å². The van der Waals surface area contributed by atoms with Gasteiger partial charge < -0.3 is 240 Å². The Balaban J connectivity index is 0.901. The molecular formula is C65H108N4O49. The molecule has 682 valence electrons. The van der Waals surface area contributed by atoms with E-state index >= 15 is 0 Å². The molecule has 0 radical (unpaired) electrons. The molecule has 9 saturated heterocycles. The average Bonchev–Trinajstić information content (AvgIpc) is 0.754. The first-order valence-corrected chi connectivity index (χ1v) is 37.3. The van der Waals surface area contributed by atoms with Crippen LogP contribution in [0.25, 0.3) is 0 Å². The van der Waals surface area contributed by atoms with Crippen LogP contribution in [0.3, 0.4) is 0 Å². The van der Waals surface area contributed by atoms with Crippen LogP contribution in [0.1, 0.15) is 34.1 Å².